The van der Waals surface area contributed by atoms with Crippen molar-refractivity contribution in [3.63, 3.8) is 0 Å². The van der Waals surface area contributed by atoms with Gasteiger partial charge in [-0.1, -0.05) is 42.8 Å². The summed E-state index contributed by atoms with van der Waals surface area (Å²) in [4.78, 5) is 13.1. The number of sulfonamides is 1. The highest BCUT2D eigenvalue weighted by molar-refractivity contribution is 7.89. The molecule has 0 spiro atoms. The van der Waals surface area contributed by atoms with Crippen LogP contribution in [0.1, 0.15) is 31.7 Å². The van der Waals surface area contributed by atoms with Crippen molar-refractivity contribution in [3.8, 4) is 0 Å². The predicted molar refractivity (Wildman–Crippen MR) is 106 cm³/mol. The molecule has 1 aliphatic rings. The lowest BCUT2D eigenvalue weighted by atomic mass is 10.0. The molecule has 0 aliphatic carbocycles. The number of carbonyl (C=O) groups is 1. The molecule has 0 aromatic heterocycles. The van der Waals surface area contributed by atoms with E-state index in [0.29, 0.717) is 24.9 Å². The van der Waals surface area contributed by atoms with Gasteiger partial charge in [-0.15, -0.1) is 0 Å². The molecule has 7 heteroatoms. The summed E-state index contributed by atoms with van der Waals surface area (Å²) in [6.45, 7) is 2.11. The Morgan fingerprint density at radius 1 is 1.14 bits per heavy atom. The number of rotatable bonds is 6. The Kier molecular flexibility index (Phi) is 6.46. The van der Waals surface area contributed by atoms with E-state index in [-0.39, 0.29) is 22.7 Å². The summed E-state index contributed by atoms with van der Waals surface area (Å²) in [6.07, 6.45) is 2.34. The molecule has 2 aromatic carbocycles. The lowest BCUT2D eigenvalue weighted by Gasteiger charge is -2.34. The van der Waals surface area contributed by atoms with Gasteiger partial charge in [-0.25, -0.2) is 12.8 Å². The first-order valence-corrected chi connectivity index (χ1v) is 10.9. The van der Waals surface area contributed by atoms with Crippen LogP contribution in [-0.2, 0) is 21.2 Å². The molecule has 1 N–H and O–H groups in total. The van der Waals surface area contributed by atoms with Crippen molar-refractivity contribution in [2.75, 3.05) is 6.54 Å². The summed E-state index contributed by atoms with van der Waals surface area (Å²) in [5.41, 5.74) is 0.521. The summed E-state index contributed by atoms with van der Waals surface area (Å²) >= 11 is 0. The monoisotopic (exact) mass is 404 g/mol. The molecule has 2 atom stereocenters. The van der Waals surface area contributed by atoms with Gasteiger partial charge in [0.25, 0.3) is 0 Å². The van der Waals surface area contributed by atoms with Crippen LogP contribution in [0.5, 0.6) is 0 Å². The fourth-order valence-electron chi connectivity index (χ4n) is 3.57. The van der Waals surface area contributed by atoms with Crippen molar-refractivity contribution in [3.05, 3.63) is 66.0 Å². The zero-order valence-corrected chi connectivity index (χ0v) is 16.7. The first-order valence-electron chi connectivity index (χ1n) is 9.50. The van der Waals surface area contributed by atoms with E-state index in [0.717, 1.165) is 12.8 Å². The van der Waals surface area contributed by atoms with Gasteiger partial charge in [0.15, 0.2) is 0 Å². The number of piperidine rings is 1. The van der Waals surface area contributed by atoms with Crippen molar-refractivity contribution >= 4 is 15.9 Å². The van der Waals surface area contributed by atoms with Gasteiger partial charge in [-0.05, 0) is 49.9 Å². The molecular weight excluding hydrogens is 379 g/mol. The van der Waals surface area contributed by atoms with Crippen molar-refractivity contribution in [2.24, 2.45) is 0 Å². The summed E-state index contributed by atoms with van der Waals surface area (Å²) in [6, 6.07) is 13.6. The van der Waals surface area contributed by atoms with Gasteiger partial charge in [-0.2, -0.15) is 4.31 Å². The topological polar surface area (TPSA) is 66.5 Å². The molecule has 3 rings (SSSR count). The standard InChI is InChI=1S/C21H25FN2O3S/c1-16(15-17-9-5-6-12-19(17)22)23-21(25)20-13-7-8-14-24(20)28(26,27)18-10-3-2-4-11-18/h2-6,9-12,16,20H,7-8,13-15H2,1H3,(H,23,25). The van der Waals surface area contributed by atoms with Gasteiger partial charge < -0.3 is 5.32 Å². The zero-order valence-electron chi connectivity index (χ0n) is 15.8. The van der Waals surface area contributed by atoms with Crippen molar-refractivity contribution < 1.29 is 17.6 Å². The minimum absolute atomic E-state index is 0.189. The number of hydrogen-bond acceptors (Lipinski definition) is 3. The van der Waals surface area contributed by atoms with Crippen LogP contribution in [0.3, 0.4) is 0 Å². The van der Waals surface area contributed by atoms with E-state index < -0.39 is 16.1 Å². The van der Waals surface area contributed by atoms with Crippen molar-refractivity contribution in [2.45, 2.75) is 49.6 Å². The Morgan fingerprint density at radius 3 is 2.54 bits per heavy atom. The summed E-state index contributed by atoms with van der Waals surface area (Å²) in [5.74, 6) is -0.641. The molecule has 150 valence electrons. The Hall–Kier alpha value is -2.25. The number of halogens is 1. The van der Waals surface area contributed by atoms with E-state index in [4.69, 9.17) is 0 Å². The molecule has 1 fully saturated rings. The Balaban J connectivity index is 1.73. The second-order valence-electron chi connectivity index (χ2n) is 7.15. The molecule has 1 saturated heterocycles. The van der Waals surface area contributed by atoms with E-state index in [1.165, 1.54) is 10.4 Å². The molecule has 1 amide bonds. The van der Waals surface area contributed by atoms with Crippen LogP contribution in [0, 0.1) is 5.82 Å². The Morgan fingerprint density at radius 2 is 1.82 bits per heavy atom. The maximum atomic E-state index is 13.8. The molecule has 1 aliphatic heterocycles. The Labute approximate surface area is 165 Å². The fraction of sp³-hybridized carbons (Fsp3) is 0.381. The molecular formula is C21H25FN2O3S. The van der Waals surface area contributed by atoms with Crippen LogP contribution in [-0.4, -0.2) is 37.3 Å². The quantitative estimate of drug-likeness (QED) is 0.805. The van der Waals surface area contributed by atoms with Crippen LogP contribution in [0.25, 0.3) is 0 Å². The second kappa shape index (κ2) is 8.84. The molecule has 0 bridgehead atoms. The second-order valence-corrected chi connectivity index (χ2v) is 9.04. The zero-order chi connectivity index (χ0) is 20.1. The van der Waals surface area contributed by atoms with E-state index in [1.807, 2.05) is 0 Å². The van der Waals surface area contributed by atoms with Crippen molar-refractivity contribution in [1.29, 1.82) is 0 Å². The third-order valence-corrected chi connectivity index (χ3v) is 6.90. The number of nitrogens with zero attached hydrogens (tertiary/aromatic N) is 1. The maximum Gasteiger partial charge on any atom is 0.243 e. The van der Waals surface area contributed by atoms with Crippen LogP contribution < -0.4 is 5.32 Å². The third-order valence-electron chi connectivity index (χ3n) is 4.98. The summed E-state index contributed by atoms with van der Waals surface area (Å²) < 4.78 is 41.2. The van der Waals surface area contributed by atoms with Gasteiger partial charge in [0.1, 0.15) is 11.9 Å². The van der Waals surface area contributed by atoms with Crippen molar-refractivity contribution in [1.82, 2.24) is 9.62 Å². The molecule has 1 heterocycles. The van der Waals surface area contributed by atoms with E-state index >= 15 is 0 Å². The van der Waals surface area contributed by atoms with Gasteiger partial charge in [0.05, 0.1) is 4.90 Å². The highest BCUT2D eigenvalue weighted by Crippen LogP contribution is 2.25. The fourth-order valence-corrected chi connectivity index (χ4v) is 5.24. The van der Waals surface area contributed by atoms with Gasteiger partial charge in [-0.3, -0.25) is 4.79 Å². The number of benzene rings is 2. The average molecular weight is 405 g/mol. The maximum absolute atomic E-state index is 13.8. The van der Waals surface area contributed by atoms with Crippen LogP contribution in [0.4, 0.5) is 4.39 Å². The molecule has 28 heavy (non-hydrogen) atoms. The first kappa shape index (κ1) is 20.5. The van der Waals surface area contributed by atoms with Crippen LogP contribution >= 0.6 is 0 Å². The minimum atomic E-state index is -3.75. The predicted octanol–water partition coefficient (Wildman–Crippen LogP) is 3.12. The molecule has 2 aromatic rings. The van der Waals surface area contributed by atoms with E-state index in [2.05, 4.69) is 5.32 Å². The minimum Gasteiger partial charge on any atom is -0.352 e. The summed E-state index contributed by atoms with van der Waals surface area (Å²) in [7, 11) is -3.75. The number of hydrogen-bond donors (Lipinski definition) is 1. The normalized spacial score (nSPS) is 19.1. The third kappa shape index (κ3) is 4.59. The molecule has 5 nitrogen and oxygen atoms in total. The van der Waals surface area contributed by atoms with Gasteiger partial charge >= 0.3 is 0 Å². The van der Waals surface area contributed by atoms with Gasteiger partial charge in [0, 0.05) is 12.6 Å². The molecule has 0 saturated carbocycles. The lowest BCUT2D eigenvalue weighted by Crippen LogP contribution is -2.53. The average Bonchev–Trinajstić information content (AvgIpc) is 2.70. The lowest BCUT2D eigenvalue weighted by molar-refractivity contribution is -0.126. The van der Waals surface area contributed by atoms with Crippen LogP contribution in [0.2, 0.25) is 0 Å². The highest BCUT2D eigenvalue weighted by atomic mass is 32.2. The number of amides is 1. The molecule has 2 unspecified atom stereocenters. The SMILES string of the molecule is CC(Cc1ccccc1F)NC(=O)C1CCCCN1S(=O)(=O)c1ccccc1. The first-order chi connectivity index (χ1) is 13.4. The molecule has 0 radical (unpaired) electrons. The smallest absolute Gasteiger partial charge is 0.243 e. The summed E-state index contributed by atoms with van der Waals surface area (Å²) in [5, 5.41) is 2.87. The number of carbonyl (C=O) groups excluding carboxylic acids is 1. The van der Waals surface area contributed by atoms with E-state index in [1.54, 1.807) is 55.5 Å². The largest absolute Gasteiger partial charge is 0.352 e. The Bertz CT molecular complexity index is 918. The highest BCUT2D eigenvalue weighted by Gasteiger charge is 2.37. The van der Waals surface area contributed by atoms with Crippen LogP contribution in [0.15, 0.2) is 59.5 Å². The number of nitrogens with one attached hydrogen (secondary N) is 1. The van der Waals surface area contributed by atoms with E-state index in [9.17, 15) is 17.6 Å². The van der Waals surface area contributed by atoms with Gasteiger partial charge in [0.2, 0.25) is 15.9 Å².